The lowest BCUT2D eigenvalue weighted by Crippen LogP contribution is -2.66. The summed E-state index contributed by atoms with van der Waals surface area (Å²) in [6, 6.07) is 0. The maximum absolute atomic E-state index is 12.0. The van der Waals surface area contributed by atoms with Gasteiger partial charge < -0.3 is 35.0 Å². The average Bonchev–Trinajstić information content (AvgIpc) is 2.82. The molecule has 0 amide bonds. The second-order valence-electron chi connectivity index (χ2n) is 9.78. The summed E-state index contributed by atoms with van der Waals surface area (Å²) >= 11 is 0. The minimum Gasteiger partial charge on any atom is -0.406 e. The summed E-state index contributed by atoms with van der Waals surface area (Å²) < 4.78 is 9.76. The number of aliphatic hydroxyl groups is 5. The number of esters is 1. The number of hydrogen-bond acceptors (Lipinski definition) is 8. The number of unbranched alkanes of at least 4 members (excludes halogenated alkanes) is 16. The molecule has 5 atom stereocenters. The Labute approximate surface area is 205 Å². The first-order chi connectivity index (χ1) is 16.4. The zero-order valence-corrected chi connectivity index (χ0v) is 21.2. The quantitative estimate of drug-likeness (QED) is 0.0990. The van der Waals surface area contributed by atoms with Gasteiger partial charge in [-0.15, -0.1) is 0 Å². The van der Waals surface area contributed by atoms with Crippen molar-refractivity contribution in [1.29, 1.82) is 0 Å². The first-order valence-electron chi connectivity index (χ1n) is 13.6. The van der Waals surface area contributed by atoms with Gasteiger partial charge >= 0.3 is 11.9 Å². The van der Waals surface area contributed by atoms with Gasteiger partial charge in [0.15, 0.2) is 6.10 Å². The van der Waals surface area contributed by atoms with Crippen molar-refractivity contribution in [3.8, 4) is 0 Å². The molecule has 8 nitrogen and oxygen atoms in total. The van der Waals surface area contributed by atoms with Crippen LogP contribution in [0.25, 0.3) is 0 Å². The second-order valence-corrected chi connectivity index (χ2v) is 9.78. The molecule has 1 aliphatic heterocycles. The molecule has 0 bridgehead atoms. The lowest BCUT2D eigenvalue weighted by molar-refractivity contribution is -0.434. The van der Waals surface area contributed by atoms with Crippen LogP contribution in [0.15, 0.2) is 0 Å². The van der Waals surface area contributed by atoms with Crippen molar-refractivity contribution in [3.05, 3.63) is 0 Å². The molecule has 8 heteroatoms. The van der Waals surface area contributed by atoms with Gasteiger partial charge in [0.05, 0.1) is 6.61 Å². The first kappa shape index (κ1) is 31.3. The van der Waals surface area contributed by atoms with Crippen LogP contribution in [0.2, 0.25) is 0 Å². The third-order valence-corrected chi connectivity index (χ3v) is 6.67. The zero-order valence-electron chi connectivity index (χ0n) is 21.2. The van der Waals surface area contributed by atoms with E-state index in [1.807, 2.05) is 0 Å². The molecule has 1 fully saturated rings. The lowest BCUT2D eigenvalue weighted by atomic mass is 9.98. The maximum atomic E-state index is 12.0. The Kier molecular flexibility index (Phi) is 17.0. The predicted molar refractivity (Wildman–Crippen MR) is 130 cm³/mol. The van der Waals surface area contributed by atoms with E-state index in [1.165, 1.54) is 83.5 Å². The molecule has 0 aromatic rings. The van der Waals surface area contributed by atoms with Crippen LogP contribution in [0.5, 0.6) is 0 Å². The van der Waals surface area contributed by atoms with Crippen LogP contribution in [-0.4, -0.2) is 68.5 Å². The molecule has 0 aromatic carbocycles. The summed E-state index contributed by atoms with van der Waals surface area (Å²) in [6.07, 6.45) is 14.2. The van der Waals surface area contributed by atoms with Crippen LogP contribution in [0.4, 0.5) is 0 Å². The molecule has 1 saturated heterocycles. The highest BCUT2D eigenvalue weighted by atomic mass is 16.8. The van der Waals surface area contributed by atoms with Crippen LogP contribution < -0.4 is 0 Å². The second kappa shape index (κ2) is 18.5. The van der Waals surface area contributed by atoms with Gasteiger partial charge in [-0.05, 0) is 6.42 Å². The van der Waals surface area contributed by atoms with Crippen molar-refractivity contribution in [1.82, 2.24) is 0 Å². The smallest absolute Gasteiger partial charge is 0.357 e. The highest BCUT2D eigenvalue weighted by Gasteiger charge is 2.55. The standard InChI is InChI=1S/C26H50O8/c1-2-3-4-5-6-7-8-9-10-11-12-13-14-15-16-17-18-19-22(28)34-26(32)25(31)24(30)23(29)21(20-27)33-26/h21,23-25,27,29-32H,2-20H2,1H3/t21-,23-,24+,25-,26?/m1/s1. The summed E-state index contributed by atoms with van der Waals surface area (Å²) in [5, 5.41) is 48.8. The fraction of sp³-hybridized carbons (Fsp3) is 0.962. The number of ether oxygens (including phenoxy) is 2. The fourth-order valence-corrected chi connectivity index (χ4v) is 4.42. The molecule has 1 aliphatic rings. The molecule has 0 radical (unpaired) electrons. The molecule has 202 valence electrons. The normalized spacial score (nSPS) is 27.1. The van der Waals surface area contributed by atoms with Crippen LogP contribution in [-0.2, 0) is 14.3 Å². The van der Waals surface area contributed by atoms with Gasteiger partial charge in [0, 0.05) is 6.42 Å². The van der Waals surface area contributed by atoms with Crippen molar-refractivity contribution in [2.24, 2.45) is 0 Å². The molecule has 34 heavy (non-hydrogen) atoms. The van der Waals surface area contributed by atoms with Crippen LogP contribution in [0.3, 0.4) is 0 Å². The molecular weight excluding hydrogens is 440 g/mol. The van der Waals surface area contributed by atoms with E-state index >= 15 is 0 Å². The van der Waals surface area contributed by atoms with Crippen molar-refractivity contribution in [3.63, 3.8) is 0 Å². The maximum Gasteiger partial charge on any atom is 0.357 e. The number of aliphatic hydroxyl groups excluding tert-OH is 4. The van der Waals surface area contributed by atoms with E-state index in [0.29, 0.717) is 6.42 Å². The summed E-state index contributed by atoms with van der Waals surface area (Å²) in [6.45, 7) is 1.54. The summed E-state index contributed by atoms with van der Waals surface area (Å²) in [4.78, 5) is 12.0. The first-order valence-corrected chi connectivity index (χ1v) is 13.6. The highest BCUT2D eigenvalue weighted by molar-refractivity contribution is 5.69. The van der Waals surface area contributed by atoms with Crippen molar-refractivity contribution in [2.45, 2.75) is 153 Å². The van der Waals surface area contributed by atoms with E-state index in [2.05, 4.69) is 6.92 Å². The molecule has 0 aliphatic carbocycles. The Morgan fingerprint density at radius 1 is 0.735 bits per heavy atom. The van der Waals surface area contributed by atoms with Gasteiger partial charge in [-0.1, -0.05) is 110 Å². The third kappa shape index (κ3) is 12.3. The van der Waals surface area contributed by atoms with Gasteiger partial charge in [-0.3, -0.25) is 4.79 Å². The minimum absolute atomic E-state index is 0.0411. The van der Waals surface area contributed by atoms with Crippen LogP contribution in [0.1, 0.15) is 122 Å². The van der Waals surface area contributed by atoms with Crippen LogP contribution in [0, 0.1) is 0 Å². The minimum atomic E-state index is -2.79. The number of rotatable bonds is 20. The Morgan fingerprint density at radius 3 is 1.56 bits per heavy atom. The molecule has 1 heterocycles. The molecular formula is C26H50O8. The molecule has 0 saturated carbocycles. The topological polar surface area (TPSA) is 137 Å². The Balaban J connectivity index is 1.97. The van der Waals surface area contributed by atoms with Gasteiger partial charge in [0.1, 0.15) is 18.3 Å². The number of hydrogen-bond donors (Lipinski definition) is 5. The van der Waals surface area contributed by atoms with Crippen molar-refractivity contribution in [2.75, 3.05) is 6.61 Å². The summed E-state index contributed by atoms with van der Waals surface area (Å²) in [7, 11) is 0. The van der Waals surface area contributed by atoms with Crippen molar-refractivity contribution < 1.29 is 39.8 Å². The lowest BCUT2D eigenvalue weighted by Gasteiger charge is -2.43. The van der Waals surface area contributed by atoms with E-state index in [1.54, 1.807) is 0 Å². The third-order valence-electron chi connectivity index (χ3n) is 6.67. The Hall–Kier alpha value is -0.770. The summed E-state index contributed by atoms with van der Waals surface area (Å²) in [5.74, 6) is -3.57. The fourth-order valence-electron chi connectivity index (χ4n) is 4.42. The number of carbonyl (C=O) groups excluding carboxylic acids is 1. The van der Waals surface area contributed by atoms with Crippen molar-refractivity contribution >= 4 is 5.97 Å². The van der Waals surface area contributed by atoms with E-state index in [-0.39, 0.29) is 6.42 Å². The average molecular weight is 491 g/mol. The zero-order chi connectivity index (χ0) is 25.2. The number of carbonyl (C=O) groups is 1. The largest absolute Gasteiger partial charge is 0.406 e. The molecule has 1 rings (SSSR count). The Morgan fingerprint density at radius 2 is 1.15 bits per heavy atom. The van der Waals surface area contributed by atoms with Crippen LogP contribution >= 0.6 is 0 Å². The van der Waals surface area contributed by atoms with Gasteiger partial charge in [0.25, 0.3) is 0 Å². The van der Waals surface area contributed by atoms with Gasteiger partial charge in [-0.2, -0.15) is 0 Å². The van der Waals surface area contributed by atoms with E-state index < -0.39 is 43.0 Å². The SMILES string of the molecule is CCCCCCCCCCCCCCCCCCCC(=O)OC1(O)O[C@H](CO)[C@@H](O)[C@H](O)[C@H]1O. The molecule has 0 spiro atoms. The Bertz CT molecular complexity index is 515. The summed E-state index contributed by atoms with van der Waals surface area (Å²) in [5.41, 5.74) is 0. The highest BCUT2D eigenvalue weighted by Crippen LogP contribution is 2.29. The van der Waals surface area contributed by atoms with Gasteiger partial charge in [0.2, 0.25) is 0 Å². The monoisotopic (exact) mass is 490 g/mol. The van der Waals surface area contributed by atoms with E-state index in [4.69, 9.17) is 14.6 Å². The molecule has 5 N–H and O–H groups in total. The van der Waals surface area contributed by atoms with E-state index in [0.717, 1.165) is 19.3 Å². The molecule has 1 unspecified atom stereocenters. The van der Waals surface area contributed by atoms with Gasteiger partial charge in [-0.25, -0.2) is 0 Å². The van der Waals surface area contributed by atoms with E-state index in [9.17, 15) is 25.2 Å². The predicted octanol–water partition coefficient (Wildman–Crippen LogP) is 3.69. The molecule has 0 aromatic heterocycles.